The van der Waals surface area contributed by atoms with Crippen LogP contribution in [0.4, 0.5) is 0 Å². The molecule has 102 valence electrons. The molecule has 0 unspecified atom stereocenters. The molecule has 0 spiro atoms. The number of Topliss-reactive ketones (excluding diaryl/α,β-unsaturated/α-hetero) is 1. The van der Waals surface area contributed by atoms with E-state index in [9.17, 15) is 4.79 Å². The molecule has 0 saturated carbocycles. The molecule has 0 atom stereocenters. The number of hydrogen-bond acceptors (Lipinski definition) is 5. The molecule has 1 N–H and O–H groups in total. The number of thioether (sulfide) groups is 1. The van der Waals surface area contributed by atoms with Crippen molar-refractivity contribution in [3.05, 3.63) is 40.5 Å². The van der Waals surface area contributed by atoms with Crippen molar-refractivity contribution in [3.8, 4) is 0 Å². The van der Waals surface area contributed by atoms with Gasteiger partial charge in [-0.05, 0) is 19.9 Å². The third kappa shape index (κ3) is 2.48. The third-order valence-corrected chi connectivity index (χ3v) is 4.98. The maximum atomic E-state index is 12.4. The second-order valence-corrected chi connectivity index (χ2v) is 6.87. The summed E-state index contributed by atoms with van der Waals surface area (Å²) >= 11 is 2.96. The summed E-state index contributed by atoms with van der Waals surface area (Å²) in [6, 6.07) is 7.88. The zero-order valence-electron chi connectivity index (χ0n) is 11.1. The lowest BCUT2D eigenvalue weighted by molar-refractivity contribution is 0.102. The molecule has 0 amide bonds. The molecule has 0 aliphatic rings. The maximum absolute atomic E-state index is 12.4. The molecule has 0 fully saturated rings. The van der Waals surface area contributed by atoms with Gasteiger partial charge in [0.1, 0.15) is 5.01 Å². The van der Waals surface area contributed by atoms with Crippen molar-refractivity contribution in [2.75, 3.05) is 5.75 Å². The Hall–Kier alpha value is -1.66. The van der Waals surface area contributed by atoms with Gasteiger partial charge in [-0.25, -0.2) is 0 Å². The van der Waals surface area contributed by atoms with Gasteiger partial charge < -0.3 is 4.98 Å². The van der Waals surface area contributed by atoms with E-state index in [0.29, 0.717) is 5.75 Å². The number of fused-ring (bicyclic) bond motifs is 1. The Morgan fingerprint density at radius 1 is 1.30 bits per heavy atom. The summed E-state index contributed by atoms with van der Waals surface area (Å²) < 4.78 is 0.841. The molecule has 20 heavy (non-hydrogen) atoms. The largest absolute Gasteiger partial charge is 0.358 e. The molecule has 3 aromatic rings. The Bertz CT molecular complexity index is 776. The zero-order chi connectivity index (χ0) is 14.1. The highest BCUT2D eigenvalue weighted by Gasteiger charge is 2.16. The number of H-pyrrole nitrogens is 1. The van der Waals surface area contributed by atoms with Gasteiger partial charge in [0.2, 0.25) is 0 Å². The van der Waals surface area contributed by atoms with Crippen molar-refractivity contribution in [2.45, 2.75) is 18.2 Å². The summed E-state index contributed by atoms with van der Waals surface area (Å²) in [4.78, 5) is 15.7. The van der Waals surface area contributed by atoms with Gasteiger partial charge in [0, 0.05) is 22.2 Å². The van der Waals surface area contributed by atoms with E-state index in [-0.39, 0.29) is 5.78 Å². The molecule has 6 heteroatoms. The van der Waals surface area contributed by atoms with E-state index in [1.807, 2.05) is 38.1 Å². The first-order valence-electron chi connectivity index (χ1n) is 6.18. The predicted molar refractivity (Wildman–Crippen MR) is 82.7 cm³/mol. The van der Waals surface area contributed by atoms with Crippen LogP contribution in [0.2, 0.25) is 0 Å². The van der Waals surface area contributed by atoms with Gasteiger partial charge in [-0.2, -0.15) is 0 Å². The number of nitrogens with zero attached hydrogens (tertiary/aromatic N) is 2. The van der Waals surface area contributed by atoms with Gasteiger partial charge in [0.15, 0.2) is 10.1 Å². The van der Waals surface area contributed by atoms with E-state index in [2.05, 4.69) is 15.2 Å². The van der Waals surface area contributed by atoms with Crippen molar-refractivity contribution >= 4 is 39.8 Å². The smallest absolute Gasteiger partial charge is 0.175 e. The van der Waals surface area contributed by atoms with Crippen LogP contribution in [0.3, 0.4) is 0 Å². The van der Waals surface area contributed by atoms with E-state index >= 15 is 0 Å². The van der Waals surface area contributed by atoms with E-state index < -0.39 is 0 Å². The summed E-state index contributed by atoms with van der Waals surface area (Å²) in [6.07, 6.45) is 0. The van der Waals surface area contributed by atoms with Gasteiger partial charge in [0.05, 0.1) is 5.75 Å². The first-order valence-corrected chi connectivity index (χ1v) is 7.99. The number of para-hydroxylation sites is 1. The molecule has 0 bridgehead atoms. The first kappa shape index (κ1) is 13.3. The van der Waals surface area contributed by atoms with Crippen LogP contribution in [0.5, 0.6) is 0 Å². The normalized spacial score (nSPS) is 11.1. The molecular weight excluding hydrogens is 290 g/mol. The topological polar surface area (TPSA) is 58.6 Å². The second-order valence-electron chi connectivity index (χ2n) is 4.47. The van der Waals surface area contributed by atoms with Crippen LogP contribution >= 0.6 is 23.1 Å². The Kier molecular flexibility index (Phi) is 3.58. The van der Waals surface area contributed by atoms with Crippen molar-refractivity contribution in [1.29, 1.82) is 0 Å². The molecular formula is C14H13N3OS2. The molecule has 0 saturated heterocycles. The van der Waals surface area contributed by atoms with Crippen LogP contribution < -0.4 is 0 Å². The molecule has 2 heterocycles. The maximum Gasteiger partial charge on any atom is 0.175 e. The molecule has 1 aromatic carbocycles. The highest BCUT2D eigenvalue weighted by atomic mass is 32.2. The van der Waals surface area contributed by atoms with Crippen molar-refractivity contribution in [2.24, 2.45) is 0 Å². The standard InChI is InChI=1S/C14H13N3OS2/c1-8-13(10-5-3-4-6-11(10)15-8)12(18)7-19-14-17-16-9(2)20-14/h3-6,15H,7H2,1-2H3. The van der Waals surface area contributed by atoms with Gasteiger partial charge >= 0.3 is 0 Å². The van der Waals surface area contributed by atoms with Crippen LogP contribution in [0.15, 0.2) is 28.6 Å². The van der Waals surface area contributed by atoms with Crippen LogP contribution in [-0.2, 0) is 0 Å². The summed E-state index contributed by atoms with van der Waals surface area (Å²) in [6.45, 7) is 3.85. The lowest BCUT2D eigenvalue weighted by atomic mass is 10.1. The second kappa shape index (κ2) is 5.38. The number of rotatable bonds is 4. The number of hydrogen-bond donors (Lipinski definition) is 1. The molecule has 3 rings (SSSR count). The van der Waals surface area contributed by atoms with E-state index in [4.69, 9.17) is 0 Å². The number of aryl methyl sites for hydroxylation is 2. The van der Waals surface area contributed by atoms with Gasteiger partial charge in [-0.15, -0.1) is 10.2 Å². The number of ketones is 1. The highest BCUT2D eigenvalue weighted by molar-refractivity contribution is 8.01. The molecule has 2 aromatic heterocycles. The van der Waals surface area contributed by atoms with E-state index in [1.165, 1.54) is 23.1 Å². The third-order valence-electron chi connectivity index (χ3n) is 3.01. The molecule has 4 nitrogen and oxygen atoms in total. The van der Waals surface area contributed by atoms with Crippen LogP contribution in [0.1, 0.15) is 21.1 Å². The first-order chi connectivity index (χ1) is 9.65. The Morgan fingerprint density at radius 3 is 2.85 bits per heavy atom. The lowest BCUT2D eigenvalue weighted by Gasteiger charge is -1.99. The minimum atomic E-state index is 0.123. The Balaban J connectivity index is 1.83. The summed E-state index contributed by atoms with van der Waals surface area (Å²) in [5.74, 6) is 0.509. The summed E-state index contributed by atoms with van der Waals surface area (Å²) in [5, 5.41) is 9.89. The lowest BCUT2D eigenvalue weighted by Crippen LogP contribution is -2.03. The fraction of sp³-hybridized carbons (Fsp3) is 0.214. The summed E-state index contributed by atoms with van der Waals surface area (Å²) in [5.41, 5.74) is 2.71. The zero-order valence-corrected chi connectivity index (χ0v) is 12.8. The van der Waals surface area contributed by atoms with Crippen molar-refractivity contribution in [3.63, 3.8) is 0 Å². The van der Waals surface area contributed by atoms with Crippen LogP contribution in [-0.4, -0.2) is 26.7 Å². The number of aromatic nitrogens is 3. The van der Waals surface area contributed by atoms with Crippen LogP contribution in [0.25, 0.3) is 10.9 Å². The average molecular weight is 303 g/mol. The fourth-order valence-corrected chi connectivity index (χ4v) is 3.86. The SMILES string of the molecule is Cc1nnc(SCC(=O)c2c(C)[nH]c3ccccc23)s1. The highest BCUT2D eigenvalue weighted by Crippen LogP contribution is 2.26. The molecule has 0 radical (unpaired) electrons. The monoisotopic (exact) mass is 303 g/mol. The number of benzene rings is 1. The van der Waals surface area contributed by atoms with E-state index in [0.717, 1.165) is 31.5 Å². The number of aromatic amines is 1. The molecule has 0 aliphatic heterocycles. The Labute approximate surface area is 124 Å². The summed E-state index contributed by atoms with van der Waals surface area (Å²) in [7, 11) is 0. The number of nitrogens with one attached hydrogen (secondary N) is 1. The predicted octanol–water partition coefficient (Wildman–Crippen LogP) is 3.61. The van der Waals surface area contributed by atoms with Crippen molar-refractivity contribution < 1.29 is 4.79 Å². The van der Waals surface area contributed by atoms with E-state index in [1.54, 1.807) is 0 Å². The molecule has 0 aliphatic carbocycles. The quantitative estimate of drug-likeness (QED) is 0.591. The van der Waals surface area contributed by atoms with Gasteiger partial charge in [-0.3, -0.25) is 4.79 Å². The number of carbonyl (C=O) groups excluding carboxylic acids is 1. The minimum absolute atomic E-state index is 0.123. The minimum Gasteiger partial charge on any atom is -0.358 e. The average Bonchev–Trinajstić information content (AvgIpc) is 2.98. The van der Waals surface area contributed by atoms with Crippen LogP contribution in [0, 0.1) is 13.8 Å². The van der Waals surface area contributed by atoms with Crippen molar-refractivity contribution in [1.82, 2.24) is 15.2 Å². The van der Waals surface area contributed by atoms with Gasteiger partial charge in [0.25, 0.3) is 0 Å². The number of carbonyl (C=O) groups is 1. The fourth-order valence-electron chi connectivity index (χ4n) is 2.17. The Morgan fingerprint density at radius 2 is 2.10 bits per heavy atom. The van der Waals surface area contributed by atoms with Gasteiger partial charge in [-0.1, -0.05) is 41.3 Å².